The highest BCUT2D eigenvalue weighted by molar-refractivity contribution is 6.31. The third-order valence-corrected chi connectivity index (χ3v) is 8.60. The van der Waals surface area contributed by atoms with E-state index in [4.69, 9.17) is 16.3 Å². The van der Waals surface area contributed by atoms with Crippen molar-refractivity contribution in [3.8, 4) is 5.75 Å². The first-order valence-corrected chi connectivity index (χ1v) is 14.5. The van der Waals surface area contributed by atoms with E-state index in [1.807, 2.05) is 41.3 Å². The van der Waals surface area contributed by atoms with Crippen LogP contribution in [0.4, 0.5) is 4.39 Å². The van der Waals surface area contributed by atoms with Gasteiger partial charge in [-0.25, -0.2) is 4.39 Å². The molecule has 1 aliphatic heterocycles. The van der Waals surface area contributed by atoms with Crippen LogP contribution in [0.2, 0.25) is 5.02 Å². The Labute approximate surface area is 240 Å². The lowest BCUT2D eigenvalue weighted by atomic mass is 9.76. The minimum Gasteiger partial charge on any atom is -0.491 e. The molecule has 2 aliphatic rings. The van der Waals surface area contributed by atoms with Crippen LogP contribution in [0.15, 0.2) is 72.8 Å². The maximum Gasteiger partial charge on any atom is 0.257 e. The highest BCUT2D eigenvalue weighted by Crippen LogP contribution is 2.44. The summed E-state index contributed by atoms with van der Waals surface area (Å²) in [6, 6.07) is 21.5. The van der Waals surface area contributed by atoms with Crippen LogP contribution in [0.3, 0.4) is 0 Å². The number of ether oxygens (including phenoxy) is 1. The molecule has 1 atom stereocenters. The molecule has 1 heterocycles. The van der Waals surface area contributed by atoms with Crippen molar-refractivity contribution in [2.24, 2.45) is 0 Å². The smallest absolute Gasteiger partial charge is 0.257 e. The first kappa shape index (κ1) is 28.2. The van der Waals surface area contributed by atoms with Crippen LogP contribution < -0.4 is 4.74 Å². The molecule has 3 aromatic carbocycles. The van der Waals surface area contributed by atoms with Crippen molar-refractivity contribution in [2.45, 2.75) is 56.4 Å². The van der Waals surface area contributed by atoms with E-state index in [0.717, 1.165) is 24.8 Å². The molecule has 0 aromatic heterocycles. The van der Waals surface area contributed by atoms with Crippen molar-refractivity contribution in [1.29, 1.82) is 0 Å². The number of amides is 2. The number of carbonyl (C=O) groups is 2. The van der Waals surface area contributed by atoms with E-state index in [9.17, 15) is 9.59 Å². The van der Waals surface area contributed by atoms with Crippen LogP contribution in [0.5, 0.6) is 5.75 Å². The van der Waals surface area contributed by atoms with Gasteiger partial charge in [-0.3, -0.25) is 9.59 Å². The van der Waals surface area contributed by atoms with Gasteiger partial charge in [-0.1, -0.05) is 73.0 Å². The third-order valence-electron chi connectivity index (χ3n) is 8.36. The molecule has 5 nitrogen and oxygen atoms in total. The molecule has 3 aromatic rings. The maximum absolute atomic E-state index is 15.3. The molecule has 1 fully saturated rings. The van der Waals surface area contributed by atoms with E-state index in [2.05, 4.69) is 0 Å². The summed E-state index contributed by atoms with van der Waals surface area (Å²) in [5.41, 5.74) is 1.09. The van der Waals surface area contributed by atoms with Gasteiger partial charge in [-0.2, -0.15) is 0 Å². The topological polar surface area (TPSA) is 49.9 Å². The summed E-state index contributed by atoms with van der Waals surface area (Å²) >= 11 is 6.27. The van der Waals surface area contributed by atoms with Crippen molar-refractivity contribution in [3.63, 3.8) is 0 Å². The van der Waals surface area contributed by atoms with Crippen molar-refractivity contribution in [1.82, 2.24) is 9.80 Å². The van der Waals surface area contributed by atoms with Crippen LogP contribution >= 0.6 is 11.6 Å². The largest absolute Gasteiger partial charge is 0.491 e. The molecule has 0 radical (unpaired) electrons. The number of benzene rings is 3. The zero-order valence-electron chi connectivity index (χ0n) is 23.0. The van der Waals surface area contributed by atoms with Crippen molar-refractivity contribution in [3.05, 3.63) is 100 Å². The number of rotatable bonds is 4. The Kier molecular flexibility index (Phi) is 8.75. The second kappa shape index (κ2) is 12.4. The Morgan fingerprint density at radius 2 is 1.68 bits per heavy atom. The summed E-state index contributed by atoms with van der Waals surface area (Å²) in [4.78, 5) is 31.6. The van der Waals surface area contributed by atoms with Crippen LogP contribution in [0, 0.1) is 5.82 Å². The highest BCUT2D eigenvalue weighted by atomic mass is 35.5. The van der Waals surface area contributed by atoms with Crippen molar-refractivity contribution in [2.75, 3.05) is 26.7 Å². The lowest BCUT2D eigenvalue weighted by Gasteiger charge is -2.40. The molecule has 1 saturated carbocycles. The minimum atomic E-state index is -0.893. The third kappa shape index (κ3) is 5.87. The first-order chi connectivity index (χ1) is 19.4. The molecular weight excluding hydrogens is 527 g/mol. The zero-order chi connectivity index (χ0) is 28.1. The monoisotopic (exact) mass is 562 g/mol. The van der Waals surface area contributed by atoms with E-state index in [1.54, 1.807) is 42.3 Å². The fourth-order valence-corrected chi connectivity index (χ4v) is 6.39. The maximum atomic E-state index is 15.3. The Morgan fingerprint density at radius 3 is 2.42 bits per heavy atom. The summed E-state index contributed by atoms with van der Waals surface area (Å²) in [5.74, 6) is -0.0570. The van der Waals surface area contributed by atoms with Gasteiger partial charge in [0.15, 0.2) is 0 Å². The average molecular weight is 563 g/mol. The number of carbonyl (C=O) groups excluding carboxylic acids is 2. The molecule has 0 bridgehead atoms. The lowest BCUT2D eigenvalue weighted by molar-refractivity contribution is -0.140. The summed E-state index contributed by atoms with van der Waals surface area (Å²) in [7, 11) is 1.77. The Bertz CT molecular complexity index is 1340. The fourth-order valence-electron chi connectivity index (χ4n) is 6.22. The van der Waals surface area contributed by atoms with Gasteiger partial charge in [0.05, 0.1) is 17.0 Å². The fraction of sp³-hybridized carbons (Fsp3) is 0.394. The molecule has 0 saturated heterocycles. The molecule has 1 aliphatic carbocycles. The van der Waals surface area contributed by atoms with Gasteiger partial charge >= 0.3 is 0 Å². The SMILES string of the molecule is CN1CCCCN(C(=O)C2(c3ccccc3F)CCCC2)[C@H](Cc2ccccc2)COc2ccc(Cl)cc2C1=O. The van der Waals surface area contributed by atoms with Gasteiger partial charge in [0, 0.05) is 30.7 Å². The predicted molar refractivity (Wildman–Crippen MR) is 155 cm³/mol. The van der Waals surface area contributed by atoms with Crippen LogP contribution in [-0.2, 0) is 16.6 Å². The number of halogens is 2. The molecule has 0 unspecified atom stereocenters. The zero-order valence-corrected chi connectivity index (χ0v) is 23.7. The van der Waals surface area contributed by atoms with E-state index >= 15 is 4.39 Å². The molecule has 40 heavy (non-hydrogen) atoms. The van der Waals surface area contributed by atoms with Gasteiger partial charge in [0.2, 0.25) is 5.91 Å². The summed E-state index contributed by atoms with van der Waals surface area (Å²) in [6.45, 7) is 1.24. The van der Waals surface area contributed by atoms with Crippen molar-refractivity contribution >= 4 is 23.4 Å². The average Bonchev–Trinajstić information content (AvgIpc) is 3.46. The van der Waals surface area contributed by atoms with Crippen molar-refractivity contribution < 1.29 is 18.7 Å². The molecular formula is C33H36ClFN2O3. The predicted octanol–water partition coefficient (Wildman–Crippen LogP) is 6.68. The summed E-state index contributed by atoms with van der Waals surface area (Å²) < 4.78 is 21.6. The van der Waals surface area contributed by atoms with Crippen LogP contribution in [-0.4, -0.2) is 54.4 Å². The van der Waals surface area contributed by atoms with Gasteiger partial charge in [-0.05, 0) is 61.9 Å². The molecule has 0 spiro atoms. The normalized spacial score (nSPS) is 19.8. The second-order valence-electron chi connectivity index (χ2n) is 11.0. The van der Waals surface area contributed by atoms with Gasteiger partial charge < -0.3 is 14.5 Å². The Balaban J connectivity index is 1.55. The minimum absolute atomic E-state index is 0.0301. The van der Waals surface area contributed by atoms with E-state index in [1.165, 1.54) is 6.07 Å². The first-order valence-electron chi connectivity index (χ1n) is 14.2. The molecule has 2 amide bonds. The molecule has 7 heteroatoms. The number of hydrogen-bond acceptors (Lipinski definition) is 3. The van der Waals surface area contributed by atoms with E-state index in [0.29, 0.717) is 60.7 Å². The van der Waals surface area contributed by atoms with Gasteiger partial charge in [0.1, 0.15) is 18.2 Å². The molecule has 0 N–H and O–H groups in total. The molecule has 210 valence electrons. The second-order valence-corrected chi connectivity index (χ2v) is 11.4. The highest BCUT2D eigenvalue weighted by Gasteiger charge is 2.47. The lowest BCUT2D eigenvalue weighted by Crippen LogP contribution is -2.53. The summed E-state index contributed by atoms with van der Waals surface area (Å²) in [5, 5.41) is 0.460. The number of hydrogen-bond donors (Lipinski definition) is 0. The van der Waals surface area contributed by atoms with Crippen LogP contribution in [0.25, 0.3) is 0 Å². The summed E-state index contributed by atoms with van der Waals surface area (Å²) in [6.07, 6.45) is 5.04. The van der Waals surface area contributed by atoms with Gasteiger partial charge in [0.25, 0.3) is 5.91 Å². The molecule has 5 rings (SSSR count). The quantitative estimate of drug-likeness (QED) is 0.356. The van der Waals surface area contributed by atoms with Crippen LogP contribution in [0.1, 0.15) is 60.0 Å². The number of fused-ring (bicyclic) bond motifs is 1. The van der Waals surface area contributed by atoms with Gasteiger partial charge in [-0.15, -0.1) is 0 Å². The Hall–Kier alpha value is -3.38. The van der Waals surface area contributed by atoms with E-state index in [-0.39, 0.29) is 30.3 Å². The van der Waals surface area contributed by atoms with E-state index < -0.39 is 5.41 Å². The Morgan fingerprint density at radius 1 is 0.975 bits per heavy atom. The number of nitrogens with zero attached hydrogens (tertiary/aromatic N) is 2. The standard InChI is InChI=1S/C33H36ClFN2O3/c1-36-19-9-10-20-37(32(39)33(17-7-8-18-33)28-13-5-6-14-29(28)35)26(21-24-11-3-2-4-12-24)23-40-30-16-15-25(34)22-27(30)31(36)38/h2-6,11-16,22,26H,7-10,17-21,23H2,1H3/t26-/m1/s1.